The third-order valence-electron chi connectivity index (χ3n) is 3.82. The molecule has 2 aromatic carbocycles. The normalized spacial score (nSPS) is 13.5. The van der Waals surface area contributed by atoms with Gasteiger partial charge >= 0.3 is 6.01 Å². The van der Waals surface area contributed by atoms with Crippen molar-refractivity contribution in [1.29, 1.82) is 0 Å². The Morgan fingerprint density at radius 1 is 1.15 bits per heavy atom. The maximum Gasteiger partial charge on any atom is 0.322 e. The number of hydrogen-bond acceptors (Lipinski definition) is 7. The summed E-state index contributed by atoms with van der Waals surface area (Å²) in [6.45, 7) is 0.854. The number of fused-ring (bicyclic) bond motifs is 1. The zero-order valence-corrected chi connectivity index (χ0v) is 13.9. The van der Waals surface area contributed by atoms with E-state index in [9.17, 15) is 4.79 Å². The minimum atomic E-state index is -0.419. The van der Waals surface area contributed by atoms with Crippen LogP contribution >= 0.6 is 0 Å². The lowest BCUT2D eigenvalue weighted by molar-refractivity contribution is 0.102. The predicted octanol–water partition coefficient (Wildman–Crippen LogP) is 2.83. The molecule has 1 aromatic heterocycles. The number of anilines is 1. The number of rotatable bonds is 4. The van der Waals surface area contributed by atoms with Crippen LogP contribution in [-0.4, -0.2) is 36.4 Å². The molecule has 0 bridgehead atoms. The van der Waals surface area contributed by atoms with Gasteiger partial charge in [0.2, 0.25) is 5.76 Å². The lowest BCUT2D eigenvalue weighted by Gasteiger charge is -2.12. The van der Waals surface area contributed by atoms with Crippen LogP contribution in [0.25, 0.3) is 16.5 Å². The van der Waals surface area contributed by atoms with Crippen LogP contribution in [0.3, 0.4) is 0 Å². The first-order chi connectivity index (χ1) is 12.7. The SMILES string of the molecule is COc1cc2ccccc2cc1C(=O)Nc1nnc(C2=COCCO2)o1. The fourth-order valence-corrected chi connectivity index (χ4v) is 2.58. The smallest absolute Gasteiger partial charge is 0.322 e. The van der Waals surface area contributed by atoms with Crippen molar-refractivity contribution < 1.29 is 23.4 Å². The number of carbonyl (C=O) groups is 1. The fourth-order valence-electron chi connectivity index (χ4n) is 2.58. The highest BCUT2D eigenvalue weighted by Crippen LogP contribution is 2.27. The first-order valence-corrected chi connectivity index (χ1v) is 7.91. The van der Waals surface area contributed by atoms with Gasteiger partial charge < -0.3 is 18.6 Å². The van der Waals surface area contributed by atoms with Crippen LogP contribution in [0.4, 0.5) is 6.01 Å². The zero-order valence-electron chi connectivity index (χ0n) is 13.9. The van der Waals surface area contributed by atoms with Crippen molar-refractivity contribution in [1.82, 2.24) is 10.2 Å². The molecule has 0 saturated carbocycles. The standard InChI is InChI=1S/C18H15N3O5/c1-23-14-9-12-5-3-2-4-11(12)8-13(14)16(22)19-18-21-20-17(26-18)15-10-24-6-7-25-15/h2-5,8-10H,6-7H2,1H3,(H,19,21,22). The molecular weight excluding hydrogens is 338 g/mol. The molecular formula is C18H15N3O5. The Balaban J connectivity index is 1.59. The summed E-state index contributed by atoms with van der Waals surface area (Å²) in [6.07, 6.45) is 1.40. The summed E-state index contributed by atoms with van der Waals surface area (Å²) in [6, 6.07) is 11.2. The molecule has 0 radical (unpaired) electrons. The first kappa shape index (κ1) is 15.9. The van der Waals surface area contributed by atoms with Gasteiger partial charge in [-0.25, -0.2) is 0 Å². The molecule has 1 N–H and O–H groups in total. The van der Waals surface area contributed by atoms with Gasteiger partial charge in [0.25, 0.3) is 11.8 Å². The minimum absolute atomic E-state index is 0.0460. The van der Waals surface area contributed by atoms with E-state index < -0.39 is 5.91 Å². The summed E-state index contributed by atoms with van der Waals surface area (Å²) in [7, 11) is 1.51. The molecule has 4 rings (SSSR count). The summed E-state index contributed by atoms with van der Waals surface area (Å²) in [5, 5.41) is 12.1. The second-order valence-corrected chi connectivity index (χ2v) is 5.47. The average molecular weight is 353 g/mol. The highest BCUT2D eigenvalue weighted by molar-refractivity contribution is 6.07. The summed E-state index contributed by atoms with van der Waals surface area (Å²) < 4.78 is 21.3. The molecule has 0 saturated heterocycles. The van der Waals surface area contributed by atoms with Crippen molar-refractivity contribution in [3.63, 3.8) is 0 Å². The summed E-state index contributed by atoms with van der Waals surface area (Å²) in [5.74, 6) is 0.489. The van der Waals surface area contributed by atoms with E-state index >= 15 is 0 Å². The molecule has 0 spiro atoms. The van der Waals surface area contributed by atoms with Gasteiger partial charge in [0.1, 0.15) is 25.2 Å². The second-order valence-electron chi connectivity index (χ2n) is 5.47. The molecule has 1 aliphatic heterocycles. The molecule has 0 unspecified atom stereocenters. The molecule has 1 aliphatic rings. The molecule has 0 atom stereocenters. The van der Waals surface area contributed by atoms with Crippen LogP contribution in [0.1, 0.15) is 16.2 Å². The Kier molecular flexibility index (Phi) is 4.14. The number of nitrogens with one attached hydrogen (secondary N) is 1. The van der Waals surface area contributed by atoms with E-state index in [2.05, 4.69) is 15.5 Å². The van der Waals surface area contributed by atoms with E-state index in [1.807, 2.05) is 30.3 Å². The molecule has 8 nitrogen and oxygen atoms in total. The lowest BCUT2D eigenvalue weighted by atomic mass is 10.1. The maximum atomic E-state index is 12.6. The van der Waals surface area contributed by atoms with Crippen molar-refractivity contribution in [3.05, 3.63) is 54.1 Å². The molecule has 1 amide bonds. The maximum absolute atomic E-state index is 12.6. The molecule has 3 aromatic rings. The Hall–Kier alpha value is -3.55. The van der Waals surface area contributed by atoms with Gasteiger partial charge in [0, 0.05) is 0 Å². The number of amides is 1. The number of ether oxygens (including phenoxy) is 3. The van der Waals surface area contributed by atoms with Crippen molar-refractivity contribution in [2.24, 2.45) is 0 Å². The number of nitrogens with zero attached hydrogens (tertiary/aromatic N) is 2. The van der Waals surface area contributed by atoms with Crippen molar-refractivity contribution in [3.8, 4) is 5.75 Å². The van der Waals surface area contributed by atoms with E-state index in [1.165, 1.54) is 13.4 Å². The van der Waals surface area contributed by atoms with E-state index in [0.717, 1.165) is 10.8 Å². The minimum Gasteiger partial charge on any atom is -0.496 e. The number of benzene rings is 2. The van der Waals surface area contributed by atoms with Gasteiger partial charge in [0.15, 0.2) is 0 Å². The van der Waals surface area contributed by atoms with Crippen LogP contribution in [0.2, 0.25) is 0 Å². The van der Waals surface area contributed by atoms with E-state index in [1.54, 1.807) is 6.07 Å². The van der Waals surface area contributed by atoms with Gasteiger partial charge in [-0.3, -0.25) is 10.1 Å². The number of hydrogen-bond donors (Lipinski definition) is 1. The Morgan fingerprint density at radius 3 is 2.69 bits per heavy atom. The third kappa shape index (κ3) is 3.04. The monoisotopic (exact) mass is 353 g/mol. The zero-order chi connectivity index (χ0) is 17.9. The van der Waals surface area contributed by atoms with Crippen LogP contribution in [0.5, 0.6) is 5.75 Å². The number of methoxy groups -OCH3 is 1. The molecule has 2 heterocycles. The van der Waals surface area contributed by atoms with Crippen LogP contribution < -0.4 is 10.1 Å². The number of carbonyl (C=O) groups excluding carboxylic acids is 1. The quantitative estimate of drug-likeness (QED) is 0.770. The summed E-state index contributed by atoms with van der Waals surface area (Å²) in [4.78, 5) is 12.6. The fraction of sp³-hybridized carbons (Fsp3) is 0.167. The Bertz CT molecular complexity index is 995. The second kappa shape index (κ2) is 6.75. The third-order valence-corrected chi connectivity index (χ3v) is 3.82. The molecule has 0 aliphatic carbocycles. The lowest BCUT2D eigenvalue weighted by Crippen LogP contribution is -2.13. The van der Waals surface area contributed by atoms with Crippen LogP contribution in [0, 0.1) is 0 Å². The average Bonchev–Trinajstić information content (AvgIpc) is 3.16. The molecule has 26 heavy (non-hydrogen) atoms. The van der Waals surface area contributed by atoms with Gasteiger partial charge in [-0.15, -0.1) is 5.10 Å². The largest absolute Gasteiger partial charge is 0.496 e. The van der Waals surface area contributed by atoms with Crippen molar-refractivity contribution in [2.75, 3.05) is 25.6 Å². The van der Waals surface area contributed by atoms with Crippen molar-refractivity contribution in [2.45, 2.75) is 0 Å². The van der Waals surface area contributed by atoms with Gasteiger partial charge in [-0.2, -0.15) is 0 Å². The first-order valence-electron chi connectivity index (χ1n) is 7.91. The van der Waals surface area contributed by atoms with Crippen LogP contribution in [0.15, 0.2) is 47.1 Å². The van der Waals surface area contributed by atoms with Crippen LogP contribution in [-0.2, 0) is 9.47 Å². The summed E-state index contributed by atoms with van der Waals surface area (Å²) >= 11 is 0. The Labute approximate surface area is 148 Å². The van der Waals surface area contributed by atoms with E-state index in [-0.39, 0.29) is 11.9 Å². The highest BCUT2D eigenvalue weighted by Gasteiger charge is 2.19. The van der Waals surface area contributed by atoms with E-state index in [0.29, 0.717) is 30.3 Å². The Morgan fingerprint density at radius 2 is 1.96 bits per heavy atom. The summed E-state index contributed by atoms with van der Waals surface area (Å²) in [5.41, 5.74) is 0.363. The van der Waals surface area contributed by atoms with Gasteiger partial charge in [0.05, 0.1) is 12.7 Å². The van der Waals surface area contributed by atoms with Gasteiger partial charge in [-0.1, -0.05) is 29.4 Å². The molecule has 132 valence electrons. The number of aromatic nitrogens is 2. The van der Waals surface area contributed by atoms with Gasteiger partial charge in [-0.05, 0) is 22.9 Å². The molecule has 0 fully saturated rings. The predicted molar refractivity (Wildman–Crippen MR) is 92.6 cm³/mol. The highest BCUT2D eigenvalue weighted by atomic mass is 16.6. The van der Waals surface area contributed by atoms with E-state index in [4.69, 9.17) is 18.6 Å². The molecule has 8 heteroatoms. The van der Waals surface area contributed by atoms with Crippen molar-refractivity contribution >= 4 is 28.5 Å². The topological polar surface area (TPSA) is 95.7 Å².